The maximum absolute atomic E-state index is 10.4. The number of aliphatic carboxylic acids is 1. The normalized spacial score (nSPS) is 11.2. The highest BCUT2D eigenvalue weighted by atomic mass is 16.4. The van der Waals surface area contributed by atoms with Crippen LogP contribution in [0.5, 0.6) is 0 Å². The molecule has 14 heavy (non-hydrogen) atoms. The lowest BCUT2D eigenvalue weighted by Crippen LogP contribution is -2.35. The lowest BCUT2D eigenvalue weighted by molar-refractivity contribution is -0.138. The van der Waals surface area contributed by atoms with Crippen molar-refractivity contribution in [1.29, 1.82) is 0 Å². The first-order chi connectivity index (χ1) is 6.60. The highest BCUT2D eigenvalue weighted by Crippen LogP contribution is 1.92. The summed E-state index contributed by atoms with van der Waals surface area (Å²) in [5.41, 5.74) is 0. The number of hydrogen-bond acceptors (Lipinski definition) is 3. The Labute approximate surface area is 86.5 Å². The van der Waals surface area contributed by atoms with Crippen LogP contribution in [0.25, 0.3) is 0 Å². The molecule has 0 heterocycles. The Kier molecular flexibility index (Phi) is 7.42. The molecule has 0 bridgehead atoms. The SMILES string of the molecule is CCCN(CC)CCN(C)CC(=O)O. The molecule has 0 aliphatic carbocycles. The first-order valence-corrected chi connectivity index (χ1v) is 5.22. The van der Waals surface area contributed by atoms with Gasteiger partial charge in [-0.25, -0.2) is 0 Å². The molecule has 0 radical (unpaired) electrons. The van der Waals surface area contributed by atoms with Gasteiger partial charge in [0.2, 0.25) is 0 Å². The first-order valence-electron chi connectivity index (χ1n) is 5.22. The minimum atomic E-state index is -0.758. The molecule has 0 aromatic heterocycles. The Balaban J connectivity index is 3.61. The van der Waals surface area contributed by atoms with Crippen LogP contribution in [0.4, 0.5) is 0 Å². The monoisotopic (exact) mass is 202 g/mol. The Hall–Kier alpha value is -0.610. The van der Waals surface area contributed by atoms with E-state index in [1.165, 1.54) is 0 Å². The third kappa shape index (κ3) is 6.86. The minimum Gasteiger partial charge on any atom is -0.480 e. The number of likely N-dealkylation sites (N-methyl/N-ethyl adjacent to an activating group) is 2. The van der Waals surface area contributed by atoms with Crippen molar-refractivity contribution in [3.05, 3.63) is 0 Å². The molecule has 0 aromatic rings. The van der Waals surface area contributed by atoms with Gasteiger partial charge in [0.05, 0.1) is 6.54 Å². The summed E-state index contributed by atoms with van der Waals surface area (Å²) in [5.74, 6) is -0.758. The topological polar surface area (TPSA) is 43.8 Å². The van der Waals surface area contributed by atoms with E-state index < -0.39 is 5.97 Å². The first kappa shape index (κ1) is 13.4. The van der Waals surface area contributed by atoms with Crippen LogP contribution in [0.3, 0.4) is 0 Å². The zero-order chi connectivity index (χ0) is 11.0. The van der Waals surface area contributed by atoms with Gasteiger partial charge in [0.1, 0.15) is 0 Å². The Morgan fingerprint density at radius 1 is 1.21 bits per heavy atom. The van der Waals surface area contributed by atoms with E-state index >= 15 is 0 Å². The van der Waals surface area contributed by atoms with Crippen molar-refractivity contribution >= 4 is 5.97 Å². The van der Waals surface area contributed by atoms with E-state index in [0.29, 0.717) is 0 Å². The molecule has 0 atom stereocenters. The summed E-state index contributed by atoms with van der Waals surface area (Å²) in [6.07, 6.45) is 1.15. The predicted molar refractivity (Wildman–Crippen MR) is 57.5 cm³/mol. The largest absolute Gasteiger partial charge is 0.480 e. The summed E-state index contributed by atoms with van der Waals surface area (Å²) in [5, 5.41) is 8.55. The molecule has 4 nitrogen and oxygen atoms in total. The van der Waals surface area contributed by atoms with E-state index in [0.717, 1.165) is 32.6 Å². The average Bonchev–Trinajstić information content (AvgIpc) is 2.11. The van der Waals surface area contributed by atoms with Crippen LogP contribution in [-0.2, 0) is 4.79 Å². The van der Waals surface area contributed by atoms with Crippen LogP contribution >= 0.6 is 0 Å². The summed E-state index contributed by atoms with van der Waals surface area (Å²) in [4.78, 5) is 14.6. The highest BCUT2D eigenvalue weighted by molar-refractivity contribution is 5.68. The second-order valence-corrected chi connectivity index (χ2v) is 3.57. The molecule has 84 valence electrons. The van der Waals surface area contributed by atoms with Gasteiger partial charge >= 0.3 is 5.97 Å². The van der Waals surface area contributed by atoms with Gasteiger partial charge in [-0.3, -0.25) is 9.69 Å². The summed E-state index contributed by atoms with van der Waals surface area (Å²) >= 11 is 0. The molecule has 0 aromatic carbocycles. The molecule has 0 unspecified atom stereocenters. The molecule has 1 N–H and O–H groups in total. The molecule has 0 saturated heterocycles. The average molecular weight is 202 g/mol. The van der Waals surface area contributed by atoms with E-state index in [1.54, 1.807) is 0 Å². The number of carboxylic acid groups (broad SMARTS) is 1. The molecular formula is C10H22N2O2. The number of carboxylic acids is 1. The van der Waals surface area contributed by atoms with Crippen LogP contribution in [0.1, 0.15) is 20.3 Å². The van der Waals surface area contributed by atoms with Gasteiger partial charge in [0.15, 0.2) is 0 Å². The molecule has 0 fully saturated rings. The summed E-state index contributed by atoms with van der Waals surface area (Å²) in [6, 6.07) is 0. The zero-order valence-electron chi connectivity index (χ0n) is 9.49. The number of carbonyl (C=O) groups is 1. The Morgan fingerprint density at radius 3 is 2.29 bits per heavy atom. The van der Waals surface area contributed by atoms with Crippen molar-refractivity contribution in [2.45, 2.75) is 20.3 Å². The van der Waals surface area contributed by atoms with Crippen LogP contribution in [0.15, 0.2) is 0 Å². The van der Waals surface area contributed by atoms with E-state index in [-0.39, 0.29) is 6.54 Å². The van der Waals surface area contributed by atoms with Crippen molar-refractivity contribution in [3.63, 3.8) is 0 Å². The van der Waals surface area contributed by atoms with Gasteiger partial charge in [0, 0.05) is 13.1 Å². The van der Waals surface area contributed by atoms with Gasteiger partial charge in [0.25, 0.3) is 0 Å². The second-order valence-electron chi connectivity index (χ2n) is 3.57. The van der Waals surface area contributed by atoms with Crippen molar-refractivity contribution in [2.75, 3.05) is 39.8 Å². The van der Waals surface area contributed by atoms with Crippen LogP contribution < -0.4 is 0 Å². The van der Waals surface area contributed by atoms with Gasteiger partial charge < -0.3 is 10.0 Å². The number of rotatable bonds is 8. The predicted octanol–water partition coefficient (Wildman–Crippen LogP) is 0.735. The fourth-order valence-corrected chi connectivity index (χ4v) is 1.37. The van der Waals surface area contributed by atoms with Crippen LogP contribution in [-0.4, -0.2) is 60.6 Å². The van der Waals surface area contributed by atoms with E-state index in [2.05, 4.69) is 18.7 Å². The molecular weight excluding hydrogens is 180 g/mol. The molecule has 0 aliphatic rings. The number of nitrogens with zero attached hydrogens (tertiary/aromatic N) is 2. The lowest BCUT2D eigenvalue weighted by atomic mass is 10.4. The van der Waals surface area contributed by atoms with Crippen LogP contribution in [0.2, 0.25) is 0 Å². The zero-order valence-corrected chi connectivity index (χ0v) is 9.49. The van der Waals surface area contributed by atoms with Crippen molar-refractivity contribution in [1.82, 2.24) is 9.80 Å². The maximum Gasteiger partial charge on any atom is 0.317 e. The standard InChI is InChI=1S/C10H22N2O2/c1-4-6-12(5-2)8-7-11(3)9-10(13)14/h4-9H2,1-3H3,(H,13,14). The summed E-state index contributed by atoms with van der Waals surface area (Å²) in [6.45, 7) is 8.32. The van der Waals surface area contributed by atoms with Gasteiger partial charge in [-0.2, -0.15) is 0 Å². The summed E-state index contributed by atoms with van der Waals surface area (Å²) < 4.78 is 0. The van der Waals surface area contributed by atoms with Gasteiger partial charge in [-0.1, -0.05) is 13.8 Å². The smallest absolute Gasteiger partial charge is 0.317 e. The molecule has 0 spiro atoms. The summed E-state index contributed by atoms with van der Waals surface area (Å²) in [7, 11) is 1.84. The van der Waals surface area contributed by atoms with Crippen molar-refractivity contribution in [3.8, 4) is 0 Å². The third-order valence-corrected chi connectivity index (χ3v) is 2.19. The molecule has 0 rings (SSSR count). The molecule has 0 saturated carbocycles. The molecule has 0 amide bonds. The quantitative estimate of drug-likeness (QED) is 0.630. The fourth-order valence-electron chi connectivity index (χ4n) is 1.37. The van der Waals surface area contributed by atoms with Gasteiger partial charge in [-0.15, -0.1) is 0 Å². The van der Waals surface area contributed by atoms with Gasteiger partial charge in [-0.05, 0) is 26.6 Å². The van der Waals surface area contributed by atoms with Crippen molar-refractivity contribution < 1.29 is 9.90 Å². The third-order valence-electron chi connectivity index (χ3n) is 2.19. The molecule has 0 aliphatic heterocycles. The lowest BCUT2D eigenvalue weighted by Gasteiger charge is -2.22. The number of hydrogen-bond donors (Lipinski definition) is 1. The fraction of sp³-hybridized carbons (Fsp3) is 0.900. The Bertz CT molecular complexity index is 162. The Morgan fingerprint density at radius 2 is 1.86 bits per heavy atom. The van der Waals surface area contributed by atoms with E-state index in [1.807, 2.05) is 11.9 Å². The van der Waals surface area contributed by atoms with E-state index in [9.17, 15) is 4.79 Å². The maximum atomic E-state index is 10.4. The highest BCUT2D eigenvalue weighted by Gasteiger charge is 2.06. The van der Waals surface area contributed by atoms with E-state index in [4.69, 9.17) is 5.11 Å². The second kappa shape index (κ2) is 7.76. The van der Waals surface area contributed by atoms with Crippen LogP contribution in [0, 0.1) is 0 Å². The minimum absolute atomic E-state index is 0.129. The van der Waals surface area contributed by atoms with Crippen molar-refractivity contribution in [2.24, 2.45) is 0 Å². The molecule has 4 heteroatoms.